The fraction of sp³-hybridized carbons (Fsp3) is 0.263. The zero-order valence-electron chi connectivity index (χ0n) is 15.0. The van der Waals surface area contributed by atoms with Crippen molar-refractivity contribution in [3.8, 4) is 17.2 Å². The number of carbonyl (C=O) groups excluding carboxylic acids is 2. The van der Waals surface area contributed by atoms with E-state index in [1.165, 1.54) is 43.3 Å². The van der Waals surface area contributed by atoms with Gasteiger partial charge < -0.3 is 14.2 Å². The van der Waals surface area contributed by atoms with Gasteiger partial charge in [0.25, 0.3) is 11.8 Å². The lowest BCUT2D eigenvalue weighted by atomic mass is 10.2. The molecule has 1 aliphatic rings. The summed E-state index contributed by atoms with van der Waals surface area (Å²) in [6.07, 6.45) is -0.215. The number of benzene rings is 2. The van der Waals surface area contributed by atoms with Crippen LogP contribution in [0, 0.1) is 5.82 Å². The lowest BCUT2D eigenvalue weighted by Crippen LogP contribution is -2.47. The number of hydrogen-bond donors (Lipinski definition) is 2. The van der Waals surface area contributed by atoms with Crippen molar-refractivity contribution in [1.29, 1.82) is 0 Å². The monoisotopic (exact) mass is 408 g/mol. The summed E-state index contributed by atoms with van der Waals surface area (Å²) in [5.74, 6) is -0.496. The Balaban J connectivity index is 1.58. The molecule has 7 nitrogen and oxygen atoms in total. The highest BCUT2D eigenvalue weighted by atomic mass is 35.5. The molecule has 0 saturated heterocycles. The van der Waals surface area contributed by atoms with E-state index in [1.807, 2.05) is 0 Å². The molecule has 9 heteroatoms. The molecule has 2 aromatic rings. The Labute approximate surface area is 165 Å². The number of carbonyl (C=O) groups is 2. The molecule has 1 unspecified atom stereocenters. The van der Waals surface area contributed by atoms with Crippen molar-refractivity contribution in [2.75, 3.05) is 13.2 Å². The molecular weight excluding hydrogens is 391 g/mol. The second-order valence-corrected chi connectivity index (χ2v) is 6.40. The van der Waals surface area contributed by atoms with Crippen molar-refractivity contribution in [1.82, 2.24) is 10.9 Å². The van der Waals surface area contributed by atoms with Crippen LogP contribution in [-0.2, 0) is 4.79 Å². The van der Waals surface area contributed by atoms with Crippen molar-refractivity contribution in [2.24, 2.45) is 0 Å². The van der Waals surface area contributed by atoms with Gasteiger partial charge >= 0.3 is 0 Å². The van der Waals surface area contributed by atoms with Crippen LogP contribution in [0.1, 0.15) is 23.7 Å². The van der Waals surface area contributed by atoms with E-state index in [1.54, 1.807) is 0 Å². The van der Waals surface area contributed by atoms with Gasteiger partial charge in [-0.3, -0.25) is 20.4 Å². The zero-order valence-corrected chi connectivity index (χ0v) is 15.7. The topological polar surface area (TPSA) is 85.9 Å². The molecule has 1 atom stereocenters. The number of ether oxygens (including phenoxy) is 3. The normalized spacial score (nSPS) is 13.8. The van der Waals surface area contributed by atoms with Crippen molar-refractivity contribution in [3.63, 3.8) is 0 Å². The van der Waals surface area contributed by atoms with Crippen LogP contribution < -0.4 is 25.1 Å². The maximum Gasteiger partial charge on any atom is 0.279 e. The van der Waals surface area contributed by atoms with Gasteiger partial charge in [-0.15, -0.1) is 0 Å². The van der Waals surface area contributed by atoms with Crippen molar-refractivity contribution >= 4 is 23.4 Å². The molecule has 2 aromatic carbocycles. The van der Waals surface area contributed by atoms with Crippen LogP contribution in [0.3, 0.4) is 0 Å². The van der Waals surface area contributed by atoms with Crippen molar-refractivity contribution < 1.29 is 28.2 Å². The van der Waals surface area contributed by atoms with Gasteiger partial charge in [0.1, 0.15) is 11.6 Å². The highest BCUT2D eigenvalue weighted by Crippen LogP contribution is 2.37. The van der Waals surface area contributed by atoms with E-state index in [-0.39, 0.29) is 10.6 Å². The number of hydrogen-bond acceptors (Lipinski definition) is 5. The number of rotatable bonds is 4. The van der Waals surface area contributed by atoms with E-state index in [0.717, 1.165) is 0 Å². The Morgan fingerprint density at radius 3 is 2.61 bits per heavy atom. The third kappa shape index (κ3) is 4.83. The van der Waals surface area contributed by atoms with Gasteiger partial charge in [0.2, 0.25) is 0 Å². The minimum atomic E-state index is -0.918. The van der Waals surface area contributed by atoms with E-state index in [9.17, 15) is 14.0 Å². The molecule has 0 spiro atoms. The quantitative estimate of drug-likeness (QED) is 0.760. The van der Waals surface area contributed by atoms with E-state index in [2.05, 4.69) is 10.9 Å². The highest BCUT2D eigenvalue weighted by molar-refractivity contribution is 6.32. The summed E-state index contributed by atoms with van der Waals surface area (Å²) in [6.45, 7) is 2.42. The third-order valence-electron chi connectivity index (χ3n) is 3.86. The van der Waals surface area contributed by atoms with E-state index in [0.29, 0.717) is 36.9 Å². The summed E-state index contributed by atoms with van der Waals surface area (Å²) >= 11 is 6.16. The van der Waals surface area contributed by atoms with Gasteiger partial charge in [-0.2, -0.15) is 0 Å². The SMILES string of the molecule is CC(Oc1ccc(F)cc1)C(=O)NNC(=O)c1cc(Cl)c2c(c1)OCCCO2. The molecule has 2 N–H and O–H groups in total. The second-order valence-electron chi connectivity index (χ2n) is 5.99. The first-order valence-electron chi connectivity index (χ1n) is 8.55. The Morgan fingerprint density at radius 1 is 1.14 bits per heavy atom. The van der Waals surface area contributed by atoms with Crippen LogP contribution in [0.2, 0.25) is 5.02 Å². The van der Waals surface area contributed by atoms with Gasteiger partial charge in [0.15, 0.2) is 17.6 Å². The minimum Gasteiger partial charge on any atom is -0.489 e. The van der Waals surface area contributed by atoms with Gasteiger partial charge in [-0.05, 0) is 43.3 Å². The summed E-state index contributed by atoms with van der Waals surface area (Å²) in [7, 11) is 0. The fourth-order valence-corrected chi connectivity index (χ4v) is 2.69. The summed E-state index contributed by atoms with van der Waals surface area (Å²) in [5.41, 5.74) is 4.76. The molecule has 0 fully saturated rings. The average molecular weight is 409 g/mol. The first-order valence-corrected chi connectivity index (χ1v) is 8.93. The maximum atomic E-state index is 12.9. The number of amides is 2. The Hall–Kier alpha value is -3.00. The molecule has 0 bridgehead atoms. The predicted octanol–water partition coefficient (Wildman–Crippen LogP) is 2.87. The second kappa shape index (κ2) is 8.79. The minimum absolute atomic E-state index is 0.196. The molecule has 0 aromatic heterocycles. The van der Waals surface area contributed by atoms with Crippen molar-refractivity contribution in [3.05, 3.63) is 52.8 Å². The summed E-state index contributed by atoms with van der Waals surface area (Å²) in [4.78, 5) is 24.4. The van der Waals surface area contributed by atoms with Gasteiger partial charge in [0, 0.05) is 12.0 Å². The lowest BCUT2D eigenvalue weighted by molar-refractivity contribution is -0.128. The number of hydrazine groups is 1. The molecule has 1 aliphatic heterocycles. The Kier molecular flexibility index (Phi) is 6.20. The standard InChI is InChI=1S/C19H18ClFN2O5/c1-11(28-14-5-3-13(21)4-6-14)18(24)22-23-19(25)12-9-15(20)17-16(10-12)26-7-2-8-27-17/h3-6,9-11H,2,7-8H2,1H3,(H,22,24)(H,23,25). The number of fused-ring (bicyclic) bond motifs is 1. The lowest BCUT2D eigenvalue weighted by Gasteiger charge is -2.16. The molecule has 0 radical (unpaired) electrons. The molecule has 148 valence electrons. The molecular formula is C19H18ClFN2O5. The molecule has 0 aliphatic carbocycles. The van der Waals surface area contributed by atoms with Crippen LogP contribution in [0.15, 0.2) is 36.4 Å². The van der Waals surface area contributed by atoms with Crippen LogP contribution in [0.25, 0.3) is 0 Å². The van der Waals surface area contributed by atoms with Crippen molar-refractivity contribution in [2.45, 2.75) is 19.4 Å². The molecule has 3 rings (SSSR count). The third-order valence-corrected chi connectivity index (χ3v) is 4.14. The van der Waals surface area contributed by atoms with E-state index in [4.69, 9.17) is 25.8 Å². The summed E-state index contributed by atoms with van der Waals surface area (Å²) in [5, 5.41) is 0.240. The first kappa shape index (κ1) is 19.8. The molecule has 28 heavy (non-hydrogen) atoms. The molecule has 2 amide bonds. The number of halogens is 2. The Morgan fingerprint density at radius 2 is 1.86 bits per heavy atom. The fourth-order valence-electron chi connectivity index (χ4n) is 2.42. The van der Waals surface area contributed by atoms with E-state index >= 15 is 0 Å². The van der Waals surface area contributed by atoms with Gasteiger partial charge in [-0.1, -0.05) is 11.6 Å². The zero-order chi connectivity index (χ0) is 20.1. The predicted molar refractivity (Wildman–Crippen MR) is 99.2 cm³/mol. The van der Waals surface area contributed by atoms with Crippen LogP contribution in [0.5, 0.6) is 17.2 Å². The highest BCUT2D eigenvalue weighted by Gasteiger charge is 2.20. The van der Waals surface area contributed by atoms with Crippen LogP contribution in [0.4, 0.5) is 4.39 Å². The van der Waals surface area contributed by atoms with Gasteiger partial charge in [-0.25, -0.2) is 4.39 Å². The van der Waals surface area contributed by atoms with Crippen LogP contribution >= 0.6 is 11.6 Å². The summed E-state index contributed by atoms with van der Waals surface area (Å²) in [6, 6.07) is 8.15. The number of nitrogens with one attached hydrogen (secondary N) is 2. The largest absolute Gasteiger partial charge is 0.489 e. The van der Waals surface area contributed by atoms with Crippen LogP contribution in [-0.4, -0.2) is 31.1 Å². The smallest absolute Gasteiger partial charge is 0.279 e. The maximum absolute atomic E-state index is 12.9. The first-order chi connectivity index (χ1) is 13.4. The van der Waals surface area contributed by atoms with E-state index < -0.39 is 23.7 Å². The molecule has 0 saturated carbocycles. The average Bonchev–Trinajstić information content (AvgIpc) is 2.93. The summed E-state index contributed by atoms with van der Waals surface area (Å²) < 4.78 is 29.3. The van der Waals surface area contributed by atoms with Gasteiger partial charge in [0.05, 0.1) is 18.2 Å². The Bertz CT molecular complexity index is 875. The molecule has 1 heterocycles.